The quantitative estimate of drug-likeness (QED) is 0.451. The van der Waals surface area contributed by atoms with Gasteiger partial charge in [-0.1, -0.05) is 11.8 Å². The van der Waals surface area contributed by atoms with Gasteiger partial charge < -0.3 is 4.74 Å². The summed E-state index contributed by atoms with van der Waals surface area (Å²) in [6.07, 6.45) is 0. The molecule has 0 amide bonds. The Morgan fingerprint density at radius 1 is 1.69 bits per heavy atom. The van der Waals surface area contributed by atoms with Gasteiger partial charge in [0.05, 0.1) is 12.4 Å². The maximum Gasteiger partial charge on any atom is 0.316 e. The van der Waals surface area contributed by atoms with Crippen LogP contribution < -0.4 is 0 Å². The molecule has 1 aromatic heterocycles. The molecule has 0 bridgehead atoms. The first-order valence-corrected chi connectivity index (χ1v) is 5.05. The van der Waals surface area contributed by atoms with Gasteiger partial charge in [0.2, 0.25) is 4.77 Å². The predicted octanol–water partition coefficient (Wildman–Crippen LogP) is 1.12. The second-order valence-electron chi connectivity index (χ2n) is 2.07. The third kappa shape index (κ3) is 3.60. The average molecular weight is 219 g/mol. The molecule has 1 rings (SSSR count). The number of aromatic amines is 2. The van der Waals surface area contributed by atoms with Gasteiger partial charge in [0, 0.05) is 0 Å². The SMILES string of the molecule is CCOC(=O)CSc1nc(=S)[nH][nH]1. The molecule has 5 nitrogen and oxygen atoms in total. The third-order valence-electron chi connectivity index (χ3n) is 1.11. The predicted molar refractivity (Wildman–Crippen MR) is 51.1 cm³/mol. The van der Waals surface area contributed by atoms with Crippen molar-refractivity contribution in [1.29, 1.82) is 0 Å². The smallest absolute Gasteiger partial charge is 0.316 e. The second-order valence-corrected chi connectivity index (χ2v) is 3.42. The largest absolute Gasteiger partial charge is 0.465 e. The minimum Gasteiger partial charge on any atom is -0.465 e. The summed E-state index contributed by atoms with van der Waals surface area (Å²) in [6.45, 7) is 2.17. The summed E-state index contributed by atoms with van der Waals surface area (Å²) in [6, 6.07) is 0. The van der Waals surface area contributed by atoms with Crippen molar-refractivity contribution in [2.75, 3.05) is 12.4 Å². The number of aromatic nitrogens is 3. The molecule has 13 heavy (non-hydrogen) atoms. The van der Waals surface area contributed by atoms with E-state index < -0.39 is 0 Å². The number of esters is 1. The first-order valence-electron chi connectivity index (χ1n) is 3.65. The van der Waals surface area contributed by atoms with E-state index in [1.165, 1.54) is 11.8 Å². The lowest BCUT2D eigenvalue weighted by molar-refractivity contribution is -0.139. The number of nitrogens with one attached hydrogen (secondary N) is 2. The highest BCUT2D eigenvalue weighted by Gasteiger charge is 2.04. The Balaban J connectivity index is 2.35. The molecule has 0 spiro atoms. The highest BCUT2D eigenvalue weighted by atomic mass is 32.2. The van der Waals surface area contributed by atoms with Crippen LogP contribution in [-0.4, -0.2) is 33.5 Å². The number of H-pyrrole nitrogens is 2. The summed E-state index contributed by atoms with van der Waals surface area (Å²) in [4.78, 5) is 14.8. The van der Waals surface area contributed by atoms with E-state index in [2.05, 4.69) is 15.2 Å². The van der Waals surface area contributed by atoms with Crippen LogP contribution in [0.2, 0.25) is 0 Å². The second kappa shape index (κ2) is 5.03. The minimum atomic E-state index is -0.255. The van der Waals surface area contributed by atoms with Crippen LogP contribution in [0.1, 0.15) is 6.92 Å². The summed E-state index contributed by atoms with van der Waals surface area (Å²) >= 11 is 5.99. The van der Waals surface area contributed by atoms with Gasteiger partial charge in [-0.05, 0) is 19.1 Å². The molecule has 0 atom stereocenters. The normalized spacial score (nSPS) is 9.92. The fraction of sp³-hybridized carbons (Fsp3) is 0.500. The average Bonchev–Trinajstić information content (AvgIpc) is 2.49. The topological polar surface area (TPSA) is 70.8 Å². The lowest BCUT2D eigenvalue weighted by Crippen LogP contribution is -2.06. The van der Waals surface area contributed by atoms with Crippen LogP contribution in [0.3, 0.4) is 0 Å². The van der Waals surface area contributed by atoms with Gasteiger partial charge in [0.25, 0.3) is 0 Å². The van der Waals surface area contributed by atoms with E-state index in [0.29, 0.717) is 16.5 Å². The van der Waals surface area contributed by atoms with Gasteiger partial charge in [0.15, 0.2) is 5.16 Å². The maximum absolute atomic E-state index is 10.9. The Morgan fingerprint density at radius 3 is 3.00 bits per heavy atom. The molecule has 0 saturated heterocycles. The Labute approximate surface area is 84.3 Å². The van der Waals surface area contributed by atoms with Gasteiger partial charge in [-0.25, -0.2) is 0 Å². The molecule has 1 heterocycles. The zero-order valence-electron chi connectivity index (χ0n) is 6.99. The van der Waals surface area contributed by atoms with E-state index in [9.17, 15) is 4.79 Å². The van der Waals surface area contributed by atoms with Crippen molar-refractivity contribution in [2.45, 2.75) is 12.1 Å². The molecule has 72 valence electrons. The maximum atomic E-state index is 10.9. The zero-order valence-corrected chi connectivity index (χ0v) is 8.63. The van der Waals surface area contributed by atoms with Crippen molar-refractivity contribution in [2.24, 2.45) is 0 Å². The van der Waals surface area contributed by atoms with Crippen LogP contribution in [0, 0.1) is 4.77 Å². The van der Waals surface area contributed by atoms with Crippen molar-refractivity contribution in [3.8, 4) is 0 Å². The van der Waals surface area contributed by atoms with E-state index in [-0.39, 0.29) is 11.7 Å². The van der Waals surface area contributed by atoms with Gasteiger partial charge in [0.1, 0.15) is 0 Å². The minimum absolute atomic E-state index is 0.240. The molecule has 0 aliphatic carbocycles. The fourth-order valence-electron chi connectivity index (χ4n) is 0.653. The lowest BCUT2D eigenvalue weighted by Gasteiger charge is -1.98. The Morgan fingerprint density at radius 2 is 2.46 bits per heavy atom. The molecule has 2 N–H and O–H groups in total. The molecule has 1 aromatic rings. The Kier molecular flexibility index (Phi) is 3.97. The van der Waals surface area contributed by atoms with Crippen LogP contribution in [0.15, 0.2) is 5.16 Å². The van der Waals surface area contributed by atoms with Crippen LogP contribution >= 0.6 is 24.0 Å². The number of hydrogen-bond acceptors (Lipinski definition) is 5. The summed E-state index contributed by atoms with van der Waals surface area (Å²) in [5, 5.41) is 5.94. The third-order valence-corrected chi connectivity index (χ3v) is 2.15. The van der Waals surface area contributed by atoms with Crippen molar-refractivity contribution in [3.05, 3.63) is 4.77 Å². The molecule has 0 aliphatic rings. The van der Waals surface area contributed by atoms with E-state index in [4.69, 9.17) is 17.0 Å². The fourth-order valence-corrected chi connectivity index (χ4v) is 1.47. The molecule has 0 aliphatic heterocycles. The van der Waals surface area contributed by atoms with E-state index >= 15 is 0 Å². The van der Waals surface area contributed by atoms with Gasteiger partial charge >= 0.3 is 5.97 Å². The number of thioether (sulfide) groups is 1. The summed E-state index contributed by atoms with van der Waals surface area (Å²) in [7, 11) is 0. The van der Waals surface area contributed by atoms with Crippen LogP contribution in [0.5, 0.6) is 0 Å². The highest BCUT2D eigenvalue weighted by molar-refractivity contribution is 7.99. The van der Waals surface area contributed by atoms with Gasteiger partial charge in [-0.2, -0.15) is 4.98 Å². The van der Waals surface area contributed by atoms with Gasteiger partial charge in [-0.15, -0.1) is 0 Å². The van der Waals surface area contributed by atoms with E-state index in [1.807, 2.05) is 0 Å². The van der Waals surface area contributed by atoms with Crippen LogP contribution in [0.4, 0.5) is 0 Å². The van der Waals surface area contributed by atoms with Crippen LogP contribution in [0.25, 0.3) is 0 Å². The number of carbonyl (C=O) groups is 1. The molecule has 0 fully saturated rings. The van der Waals surface area contributed by atoms with Gasteiger partial charge in [-0.3, -0.25) is 15.0 Å². The summed E-state index contributed by atoms with van der Waals surface area (Å²) < 4.78 is 5.11. The zero-order chi connectivity index (χ0) is 9.68. The Hall–Kier alpha value is -0.820. The van der Waals surface area contributed by atoms with E-state index in [0.717, 1.165) is 0 Å². The van der Waals surface area contributed by atoms with Crippen molar-refractivity contribution >= 4 is 29.9 Å². The molecule has 0 unspecified atom stereocenters. The van der Waals surface area contributed by atoms with Crippen molar-refractivity contribution in [1.82, 2.24) is 15.2 Å². The van der Waals surface area contributed by atoms with Crippen molar-refractivity contribution in [3.63, 3.8) is 0 Å². The Bertz CT molecular complexity index is 333. The number of hydrogen-bond donors (Lipinski definition) is 2. The molecule has 7 heteroatoms. The molecular weight excluding hydrogens is 210 g/mol. The molecule has 0 saturated carbocycles. The summed E-state index contributed by atoms with van der Waals surface area (Å²) in [5.74, 6) is -0.0148. The van der Waals surface area contributed by atoms with E-state index in [1.54, 1.807) is 6.92 Å². The van der Waals surface area contributed by atoms with Crippen LogP contribution in [-0.2, 0) is 9.53 Å². The number of rotatable bonds is 4. The van der Waals surface area contributed by atoms with Crippen molar-refractivity contribution < 1.29 is 9.53 Å². The molecule has 0 aromatic carbocycles. The standard InChI is InChI=1S/C6H9N3O2S2/c1-2-11-4(10)3-13-6-7-5(12)8-9-6/h2-3H2,1H3,(H2,7,8,9,12). The monoisotopic (exact) mass is 219 g/mol. The lowest BCUT2D eigenvalue weighted by atomic mass is 10.8. The molecular formula is C6H9N3O2S2. The molecule has 0 radical (unpaired) electrons. The first kappa shape index (κ1) is 10.3. The number of ether oxygens (including phenoxy) is 1. The first-order chi connectivity index (χ1) is 6.22. The highest BCUT2D eigenvalue weighted by Crippen LogP contribution is 2.10. The number of carbonyl (C=O) groups excluding carboxylic acids is 1. The summed E-state index contributed by atoms with van der Waals surface area (Å²) in [5.41, 5.74) is 0. The number of nitrogens with zero attached hydrogens (tertiary/aromatic N) is 1.